The average Bonchev–Trinajstić information content (AvgIpc) is 3.41. The van der Waals surface area contributed by atoms with Crippen LogP contribution >= 0.6 is 22.9 Å². The molecule has 0 saturated carbocycles. The molecule has 9 heteroatoms. The molecule has 2 heterocycles. The van der Waals surface area contributed by atoms with Crippen LogP contribution in [0.5, 0.6) is 0 Å². The predicted molar refractivity (Wildman–Crippen MR) is 124 cm³/mol. The molecule has 0 N–H and O–H groups in total. The lowest BCUT2D eigenvalue weighted by Crippen LogP contribution is -2.31. The van der Waals surface area contributed by atoms with Crippen LogP contribution in [0.3, 0.4) is 0 Å². The fourth-order valence-electron chi connectivity index (χ4n) is 3.73. The number of hydrogen-bond acceptors (Lipinski definition) is 5. The van der Waals surface area contributed by atoms with Crippen LogP contribution in [0.4, 0.5) is 5.69 Å². The number of carbonyl (C=O) groups is 1. The zero-order valence-electron chi connectivity index (χ0n) is 17.2. The van der Waals surface area contributed by atoms with Gasteiger partial charge in [0.25, 0.3) is 5.91 Å². The SMILES string of the molecule is CCN(CC)S(=O)(=O)c1ccc2c(c1)CCN2C(=O)c1csc(-c2cccc(Cl)c2)n1. The van der Waals surface area contributed by atoms with Crippen molar-refractivity contribution in [3.63, 3.8) is 0 Å². The van der Waals surface area contributed by atoms with Gasteiger partial charge in [0.2, 0.25) is 10.0 Å². The van der Waals surface area contributed by atoms with E-state index in [-0.39, 0.29) is 10.8 Å². The number of sulfonamides is 1. The normalized spacial score (nSPS) is 13.6. The number of benzene rings is 2. The Morgan fingerprint density at radius 3 is 2.68 bits per heavy atom. The Morgan fingerprint density at radius 2 is 1.97 bits per heavy atom. The lowest BCUT2D eigenvalue weighted by atomic mass is 10.2. The molecule has 0 spiro atoms. The van der Waals surface area contributed by atoms with E-state index in [0.29, 0.717) is 36.8 Å². The molecule has 0 radical (unpaired) electrons. The summed E-state index contributed by atoms with van der Waals surface area (Å²) in [5.74, 6) is -0.192. The zero-order valence-corrected chi connectivity index (χ0v) is 19.6. The summed E-state index contributed by atoms with van der Waals surface area (Å²) in [6.07, 6.45) is 0.605. The van der Waals surface area contributed by atoms with Crippen molar-refractivity contribution in [2.75, 3.05) is 24.5 Å². The van der Waals surface area contributed by atoms with Gasteiger partial charge in [0.15, 0.2) is 0 Å². The van der Waals surface area contributed by atoms with E-state index in [1.165, 1.54) is 15.6 Å². The highest BCUT2D eigenvalue weighted by Gasteiger charge is 2.30. The van der Waals surface area contributed by atoms with E-state index in [9.17, 15) is 13.2 Å². The van der Waals surface area contributed by atoms with E-state index >= 15 is 0 Å². The van der Waals surface area contributed by atoms with Crippen LogP contribution in [0, 0.1) is 0 Å². The van der Waals surface area contributed by atoms with Gasteiger partial charge in [-0.05, 0) is 42.3 Å². The van der Waals surface area contributed by atoms with Gasteiger partial charge in [-0.25, -0.2) is 13.4 Å². The number of rotatable bonds is 6. The van der Waals surface area contributed by atoms with Crippen LogP contribution in [0.2, 0.25) is 5.02 Å². The van der Waals surface area contributed by atoms with E-state index in [0.717, 1.165) is 21.8 Å². The maximum Gasteiger partial charge on any atom is 0.277 e. The number of fused-ring (bicyclic) bond motifs is 1. The van der Waals surface area contributed by atoms with E-state index in [4.69, 9.17) is 11.6 Å². The number of thiazole rings is 1. The van der Waals surface area contributed by atoms with Crippen LogP contribution in [-0.2, 0) is 16.4 Å². The lowest BCUT2D eigenvalue weighted by Gasteiger charge is -2.20. The second kappa shape index (κ2) is 8.70. The highest BCUT2D eigenvalue weighted by atomic mass is 35.5. The van der Waals surface area contributed by atoms with Gasteiger partial charge >= 0.3 is 0 Å². The zero-order chi connectivity index (χ0) is 22.2. The van der Waals surface area contributed by atoms with Gasteiger partial charge in [-0.2, -0.15) is 4.31 Å². The molecule has 1 aliphatic heterocycles. The second-order valence-corrected chi connectivity index (χ2v) is 10.4. The van der Waals surface area contributed by atoms with Gasteiger partial charge in [0.05, 0.1) is 4.90 Å². The van der Waals surface area contributed by atoms with E-state index in [1.54, 1.807) is 34.5 Å². The van der Waals surface area contributed by atoms with E-state index in [1.807, 2.05) is 32.0 Å². The monoisotopic (exact) mass is 475 g/mol. The fraction of sp³-hybridized carbons (Fsp3) is 0.273. The van der Waals surface area contributed by atoms with Crippen LogP contribution in [0.25, 0.3) is 10.6 Å². The molecule has 1 aromatic heterocycles. The maximum absolute atomic E-state index is 13.1. The standard InChI is InChI=1S/C22H22ClN3O3S2/c1-3-25(4-2)31(28,29)18-8-9-20-15(13-18)10-11-26(20)22(27)19-14-30-21(24-19)16-6-5-7-17(23)12-16/h5-9,12-14H,3-4,10-11H2,1-2H3. The van der Waals surface area contributed by atoms with Gasteiger partial charge < -0.3 is 4.90 Å². The molecule has 3 aromatic rings. The second-order valence-electron chi connectivity index (χ2n) is 7.13. The molecular formula is C22H22ClN3O3S2. The molecule has 1 aliphatic rings. The third-order valence-corrected chi connectivity index (χ3v) is 8.50. The molecule has 1 amide bonds. The molecule has 4 rings (SSSR count). The average molecular weight is 476 g/mol. The van der Waals surface area contributed by atoms with Gasteiger partial charge in [-0.3, -0.25) is 4.79 Å². The van der Waals surface area contributed by atoms with Gasteiger partial charge in [-0.1, -0.05) is 37.6 Å². The number of nitrogens with zero attached hydrogens (tertiary/aromatic N) is 3. The summed E-state index contributed by atoms with van der Waals surface area (Å²) in [5, 5.41) is 3.09. The number of aromatic nitrogens is 1. The molecule has 0 unspecified atom stereocenters. The first-order valence-corrected chi connectivity index (χ1v) is 12.7. The van der Waals surface area contributed by atoms with E-state index < -0.39 is 10.0 Å². The number of hydrogen-bond donors (Lipinski definition) is 0. The Kier molecular flexibility index (Phi) is 6.16. The quantitative estimate of drug-likeness (QED) is 0.518. The number of carbonyl (C=O) groups excluding carboxylic acids is 1. The van der Waals surface area contributed by atoms with Crippen molar-refractivity contribution in [3.8, 4) is 10.6 Å². The first kappa shape index (κ1) is 22.0. The minimum absolute atomic E-state index is 0.192. The van der Waals surface area contributed by atoms with Crippen molar-refractivity contribution in [1.82, 2.24) is 9.29 Å². The molecule has 0 saturated heterocycles. The fourth-order valence-corrected chi connectivity index (χ4v) is 6.22. The van der Waals surface area contributed by atoms with Crippen LogP contribution < -0.4 is 4.90 Å². The Morgan fingerprint density at radius 1 is 1.19 bits per heavy atom. The molecule has 6 nitrogen and oxygen atoms in total. The predicted octanol–water partition coefficient (Wildman–Crippen LogP) is 4.70. The topological polar surface area (TPSA) is 70.6 Å². The molecular weight excluding hydrogens is 454 g/mol. The summed E-state index contributed by atoms with van der Waals surface area (Å²) in [4.78, 5) is 19.6. The summed E-state index contributed by atoms with van der Waals surface area (Å²) in [6.45, 7) is 4.96. The van der Waals surface area contributed by atoms with Crippen LogP contribution in [0.1, 0.15) is 29.9 Å². The first-order chi connectivity index (χ1) is 14.8. The van der Waals surface area contributed by atoms with Gasteiger partial charge in [0.1, 0.15) is 10.7 Å². The third kappa shape index (κ3) is 4.13. The van der Waals surface area contributed by atoms with Crippen molar-refractivity contribution < 1.29 is 13.2 Å². The van der Waals surface area contributed by atoms with Gasteiger partial charge in [0, 0.05) is 41.3 Å². The van der Waals surface area contributed by atoms with Crippen molar-refractivity contribution in [2.45, 2.75) is 25.2 Å². The molecule has 162 valence electrons. The molecule has 2 aromatic carbocycles. The summed E-state index contributed by atoms with van der Waals surface area (Å²) in [6, 6.07) is 12.4. The highest BCUT2D eigenvalue weighted by Crippen LogP contribution is 2.33. The van der Waals surface area contributed by atoms with Crippen molar-refractivity contribution in [2.24, 2.45) is 0 Å². The minimum Gasteiger partial charge on any atom is -0.306 e. The third-order valence-electron chi connectivity index (χ3n) is 5.33. The largest absolute Gasteiger partial charge is 0.306 e. The van der Waals surface area contributed by atoms with E-state index in [2.05, 4.69) is 4.98 Å². The number of amides is 1. The Balaban J connectivity index is 1.60. The molecule has 0 atom stereocenters. The number of halogens is 1. The lowest BCUT2D eigenvalue weighted by molar-refractivity contribution is 0.0985. The Bertz CT molecular complexity index is 1240. The minimum atomic E-state index is -3.54. The first-order valence-electron chi connectivity index (χ1n) is 10.0. The smallest absolute Gasteiger partial charge is 0.277 e. The highest BCUT2D eigenvalue weighted by molar-refractivity contribution is 7.89. The summed E-state index contributed by atoms with van der Waals surface area (Å²) >= 11 is 7.45. The van der Waals surface area contributed by atoms with Crippen molar-refractivity contribution in [1.29, 1.82) is 0 Å². The summed E-state index contributed by atoms with van der Waals surface area (Å²) in [5.41, 5.74) is 2.82. The van der Waals surface area contributed by atoms with Crippen LogP contribution in [-0.4, -0.2) is 43.2 Å². The van der Waals surface area contributed by atoms with Crippen molar-refractivity contribution in [3.05, 3.63) is 64.1 Å². The number of anilines is 1. The maximum atomic E-state index is 13.1. The summed E-state index contributed by atoms with van der Waals surface area (Å²) < 4.78 is 27.1. The van der Waals surface area contributed by atoms with Gasteiger partial charge in [-0.15, -0.1) is 11.3 Å². The summed E-state index contributed by atoms with van der Waals surface area (Å²) in [7, 11) is -3.54. The molecule has 0 bridgehead atoms. The molecule has 0 aliphatic carbocycles. The van der Waals surface area contributed by atoms with Crippen LogP contribution in [0.15, 0.2) is 52.7 Å². The Labute approximate surface area is 191 Å². The van der Waals surface area contributed by atoms with Crippen molar-refractivity contribution >= 4 is 44.6 Å². The Hall–Kier alpha value is -2.26. The molecule has 31 heavy (non-hydrogen) atoms. The molecule has 0 fully saturated rings.